The van der Waals surface area contributed by atoms with Crippen molar-refractivity contribution < 1.29 is 36.3 Å². The Hall–Kier alpha value is -4.71. The maximum Gasteiger partial charge on any atom is 0.681 e. The summed E-state index contributed by atoms with van der Waals surface area (Å²) in [4.78, 5) is 2.47. The molecule has 1 atom stereocenters. The smallest absolute Gasteiger partial charge is 0.495 e. The number of methoxy groups -OCH3 is 1. The molecule has 0 radical (unpaired) electrons. The van der Waals surface area contributed by atoms with Gasteiger partial charge in [0, 0.05) is 40.6 Å². The van der Waals surface area contributed by atoms with Gasteiger partial charge in [-0.2, -0.15) is 0 Å². The number of hydrogen-bond acceptors (Lipinski definition) is 8. The SMILES string of the molecule is COc1cc2c3c(c4c(c2cc1N1CCCCC1)-c1ccccc1C4(C)C)C=CC(c1ccc(F)cc1)(c1ccc(OCCO[Si](OC(C)(C)C)(OC(C)(C)C)OC(C)(C)C)cc1)O3. The van der Waals surface area contributed by atoms with Gasteiger partial charge in [-0.05, 0) is 152 Å². The maximum absolute atomic E-state index is 14.7. The van der Waals surface area contributed by atoms with Gasteiger partial charge in [0.05, 0.1) is 36.2 Å². The quantitative estimate of drug-likeness (QED) is 0.0906. The van der Waals surface area contributed by atoms with Crippen molar-refractivity contribution in [3.05, 3.63) is 125 Å². The number of anilines is 1. The summed E-state index contributed by atoms with van der Waals surface area (Å²) in [6.45, 7) is 24.7. The van der Waals surface area contributed by atoms with Crippen LogP contribution in [0, 0.1) is 5.82 Å². The van der Waals surface area contributed by atoms with Crippen molar-refractivity contribution in [3.8, 4) is 28.4 Å². The summed E-state index contributed by atoms with van der Waals surface area (Å²) < 4.78 is 60.6. The highest BCUT2D eigenvalue weighted by atomic mass is 28.4. The fourth-order valence-electron chi connectivity index (χ4n) is 9.59. The molecular formula is C54H66FNO7Si. The lowest BCUT2D eigenvalue weighted by Gasteiger charge is -2.41. The Morgan fingerprint density at radius 2 is 1.31 bits per heavy atom. The number of benzene rings is 5. The molecular weight excluding hydrogens is 822 g/mol. The normalized spacial score (nSPS) is 18.4. The van der Waals surface area contributed by atoms with E-state index in [-0.39, 0.29) is 24.4 Å². The van der Waals surface area contributed by atoms with E-state index in [2.05, 4.69) is 67.3 Å². The predicted molar refractivity (Wildman–Crippen MR) is 257 cm³/mol. The van der Waals surface area contributed by atoms with Crippen molar-refractivity contribution in [2.24, 2.45) is 0 Å². The monoisotopic (exact) mass is 887 g/mol. The fourth-order valence-corrected chi connectivity index (χ4v) is 12.5. The van der Waals surface area contributed by atoms with Crippen molar-refractivity contribution in [2.75, 3.05) is 38.3 Å². The molecule has 0 bridgehead atoms. The van der Waals surface area contributed by atoms with Crippen LogP contribution in [-0.4, -0.2) is 59.3 Å². The van der Waals surface area contributed by atoms with Crippen LogP contribution < -0.4 is 19.1 Å². The molecule has 8 rings (SSSR count). The molecule has 0 N–H and O–H groups in total. The Morgan fingerprint density at radius 1 is 0.719 bits per heavy atom. The van der Waals surface area contributed by atoms with Crippen LogP contribution in [0.5, 0.6) is 17.2 Å². The zero-order valence-corrected chi connectivity index (χ0v) is 40.9. The zero-order valence-electron chi connectivity index (χ0n) is 39.9. The van der Waals surface area contributed by atoms with E-state index >= 15 is 0 Å². The van der Waals surface area contributed by atoms with Gasteiger partial charge in [0.15, 0.2) is 5.60 Å². The Morgan fingerprint density at radius 3 is 1.91 bits per heavy atom. The summed E-state index contributed by atoms with van der Waals surface area (Å²) in [5.41, 5.74) is 5.66. The Labute approximate surface area is 381 Å². The molecule has 3 aliphatic rings. The van der Waals surface area contributed by atoms with E-state index < -0.39 is 31.5 Å². The van der Waals surface area contributed by atoms with Crippen LogP contribution in [0.4, 0.5) is 10.1 Å². The minimum absolute atomic E-state index is 0.179. The molecule has 1 aliphatic carbocycles. The number of piperidine rings is 1. The van der Waals surface area contributed by atoms with E-state index in [4.69, 9.17) is 31.9 Å². The molecule has 2 heterocycles. The van der Waals surface area contributed by atoms with E-state index in [1.165, 1.54) is 40.8 Å². The van der Waals surface area contributed by atoms with Gasteiger partial charge in [-0.15, -0.1) is 0 Å². The number of hydrogen-bond donors (Lipinski definition) is 0. The lowest BCUT2D eigenvalue weighted by molar-refractivity contribution is -0.135. The van der Waals surface area contributed by atoms with Gasteiger partial charge in [-0.25, -0.2) is 4.39 Å². The summed E-state index contributed by atoms with van der Waals surface area (Å²) in [6.07, 6.45) is 7.88. The standard InChI is InChI=1S/C54H66FNO7Si/c1-50(2,3)61-64(62-51(4,5)6,63-52(7,8)9)59-33-32-58-39-26-22-37(23-27-39)54(36-20-24-38(55)25-21-36)29-28-41-48-47(40-18-14-15-19-44(40)53(48,10)11)42-34-45(56-30-16-13-17-31-56)46(57-12)35-43(42)49(41)60-54/h14-15,18-29,34-35H,13,16-17,30-33H2,1-12H3. The number of halogens is 1. The molecule has 8 nitrogen and oxygen atoms in total. The van der Waals surface area contributed by atoms with Gasteiger partial charge < -0.3 is 36.8 Å². The molecule has 2 aliphatic heterocycles. The molecule has 0 saturated carbocycles. The van der Waals surface area contributed by atoms with Crippen LogP contribution in [0.1, 0.15) is 123 Å². The Kier molecular flexibility index (Phi) is 12.1. The second-order valence-corrected chi connectivity index (χ2v) is 22.7. The highest BCUT2D eigenvalue weighted by Gasteiger charge is 2.54. The Balaban J connectivity index is 1.18. The molecule has 10 heteroatoms. The van der Waals surface area contributed by atoms with Gasteiger partial charge in [-0.3, -0.25) is 0 Å². The van der Waals surface area contributed by atoms with E-state index in [0.29, 0.717) is 5.75 Å². The first-order chi connectivity index (χ1) is 30.1. The average Bonchev–Trinajstić information content (AvgIpc) is 3.47. The van der Waals surface area contributed by atoms with Gasteiger partial charge in [0.25, 0.3) is 0 Å². The van der Waals surface area contributed by atoms with E-state index in [1.807, 2.05) is 98.7 Å². The van der Waals surface area contributed by atoms with Crippen LogP contribution in [0.15, 0.2) is 91.0 Å². The summed E-state index contributed by atoms with van der Waals surface area (Å²) >= 11 is 0. The van der Waals surface area contributed by atoms with Crippen molar-refractivity contribution in [1.82, 2.24) is 0 Å². The van der Waals surface area contributed by atoms with E-state index in [0.717, 1.165) is 70.6 Å². The third-order valence-electron chi connectivity index (χ3n) is 12.0. The molecule has 1 fully saturated rings. The van der Waals surface area contributed by atoms with Gasteiger partial charge in [0.1, 0.15) is 29.7 Å². The van der Waals surface area contributed by atoms with E-state index in [9.17, 15) is 4.39 Å². The summed E-state index contributed by atoms with van der Waals surface area (Å²) in [6, 6.07) is 27.8. The predicted octanol–water partition coefficient (Wildman–Crippen LogP) is 12.9. The lowest BCUT2D eigenvalue weighted by atomic mass is 9.76. The third kappa shape index (κ3) is 9.09. The first-order valence-electron chi connectivity index (χ1n) is 22.8. The second-order valence-electron chi connectivity index (χ2n) is 20.8. The molecule has 0 spiro atoms. The van der Waals surface area contributed by atoms with Crippen molar-refractivity contribution >= 4 is 31.6 Å². The van der Waals surface area contributed by atoms with Crippen LogP contribution in [0.25, 0.3) is 28.0 Å². The molecule has 5 aromatic rings. The second kappa shape index (κ2) is 16.9. The van der Waals surface area contributed by atoms with Crippen molar-refractivity contribution in [3.63, 3.8) is 0 Å². The lowest BCUT2D eigenvalue weighted by Crippen LogP contribution is -2.59. The van der Waals surface area contributed by atoms with E-state index in [1.54, 1.807) is 7.11 Å². The minimum Gasteiger partial charge on any atom is -0.495 e. The van der Waals surface area contributed by atoms with Crippen molar-refractivity contribution in [1.29, 1.82) is 0 Å². The molecule has 1 unspecified atom stereocenters. The van der Waals surface area contributed by atoms with Crippen molar-refractivity contribution in [2.45, 2.75) is 123 Å². The third-order valence-corrected chi connectivity index (χ3v) is 15.2. The van der Waals surface area contributed by atoms with Crippen LogP contribution in [0.3, 0.4) is 0 Å². The fraction of sp³-hybridized carbons (Fsp3) is 0.444. The molecule has 64 heavy (non-hydrogen) atoms. The summed E-state index contributed by atoms with van der Waals surface area (Å²) in [7, 11) is -1.91. The first-order valence-corrected chi connectivity index (χ1v) is 24.4. The average molecular weight is 888 g/mol. The topological polar surface area (TPSA) is 67.9 Å². The van der Waals surface area contributed by atoms with Crippen LogP contribution in [0.2, 0.25) is 0 Å². The minimum atomic E-state index is -3.67. The number of ether oxygens (including phenoxy) is 3. The molecule has 0 amide bonds. The molecule has 0 aromatic heterocycles. The van der Waals surface area contributed by atoms with Crippen LogP contribution in [-0.2, 0) is 28.7 Å². The Bertz CT molecular complexity index is 2490. The molecule has 1 saturated heterocycles. The first kappa shape index (κ1) is 45.8. The summed E-state index contributed by atoms with van der Waals surface area (Å²) in [5, 5.41) is 2.10. The highest BCUT2D eigenvalue weighted by Crippen LogP contribution is 2.59. The molecule has 5 aromatic carbocycles. The van der Waals surface area contributed by atoms with Crippen LogP contribution >= 0.6 is 0 Å². The largest absolute Gasteiger partial charge is 0.681 e. The van der Waals surface area contributed by atoms with Gasteiger partial charge in [0.2, 0.25) is 0 Å². The number of nitrogens with zero attached hydrogens (tertiary/aromatic N) is 1. The summed E-state index contributed by atoms with van der Waals surface area (Å²) in [5.74, 6) is 1.92. The highest BCUT2D eigenvalue weighted by molar-refractivity contribution is 6.54. The van der Waals surface area contributed by atoms with Gasteiger partial charge in [-0.1, -0.05) is 68.5 Å². The number of rotatable bonds is 12. The van der Waals surface area contributed by atoms with Gasteiger partial charge >= 0.3 is 9.05 Å². The molecule has 340 valence electrons. The zero-order chi connectivity index (χ0) is 45.9. The number of fused-ring (bicyclic) bond motifs is 8. The maximum atomic E-state index is 14.7.